The lowest BCUT2D eigenvalue weighted by molar-refractivity contribution is -0.582. The molecular formula is C9H5BrN2O3. The summed E-state index contributed by atoms with van der Waals surface area (Å²) < 4.78 is 1.26. The highest BCUT2D eigenvalue weighted by Crippen LogP contribution is 2.20. The van der Waals surface area contributed by atoms with Gasteiger partial charge in [0.15, 0.2) is 0 Å². The van der Waals surface area contributed by atoms with Crippen molar-refractivity contribution < 1.29 is 9.65 Å². The molecule has 1 heterocycles. The van der Waals surface area contributed by atoms with Crippen LogP contribution in [0.1, 0.15) is 0 Å². The molecule has 2 rings (SSSR count). The molecule has 76 valence electrons. The summed E-state index contributed by atoms with van der Waals surface area (Å²) in [6.07, 6.45) is 0.953. The lowest BCUT2D eigenvalue weighted by atomic mass is 10.2. The van der Waals surface area contributed by atoms with Crippen LogP contribution in [0.3, 0.4) is 0 Å². The molecule has 0 amide bonds. The molecule has 0 saturated heterocycles. The average Bonchev–Trinajstić information content (AvgIpc) is 2.18. The molecule has 0 fully saturated rings. The number of pyridine rings is 1. The number of rotatable bonds is 1. The van der Waals surface area contributed by atoms with Gasteiger partial charge in [-0.3, -0.25) is 10.1 Å². The predicted molar refractivity (Wildman–Crippen MR) is 57.3 cm³/mol. The summed E-state index contributed by atoms with van der Waals surface area (Å²) in [5, 5.41) is 22.5. The summed E-state index contributed by atoms with van der Waals surface area (Å²) >= 11 is 3.23. The third-order valence-corrected chi connectivity index (χ3v) is 2.49. The van der Waals surface area contributed by atoms with Crippen molar-refractivity contribution in [2.24, 2.45) is 0 Å². The Labute approximate surface area is 92.8 Å². The quantitative estimate of drug-likeness (QED) is 0.344. The molecule has 1 aromatic heterocycles. The summed E-state index contributed by atoms with van der Waals surface area (Å²) in [6, 6.07) is 6.37. The van der Waals surface area contributed by atoms with Crippen molar-refractivity contribution in [3.63, 3.8) is 0 Å². The van der Waals surface area contributed by atoms with E-state index >= 15 is 0 Å². The largest absolute Gasteiger partial charge is 0.618 e. The Hall–Kier alpha value is -1.69. The van der Waals surface area contributed by atoms with E-state index in [-0.39, 0.29) is 5.69 Å². The van der Waals surface area contributed by atoms with Crippen molar-refractivity contribution >= 4 is 32.5 Å². The Morgan fingerprint density at radius 3 is 2.73 bits per heavy atom. The zero-order valence-electron chi connectivity index (χ0n) is 7.38. The smallest absolute Gasteiger partial charge is 0.334 e. The molecule has 5 nitrogen and oxygen atoms in total. The van der Waals surface area contributed by atoms with Gasteiger partial charge < -0.3 is 5.21 Å². The van der Waals surface area contributed by atoms with Crippen molar-refractivity contribution in [2.45, 2.75) is 0 Å². The molecule has 0 spiro atoms. The molecule has 0 bridgehead atoms. The zero-order valence-corrected chi connectivity index (χ0v) is 8.97. The van der Waals surface area contributed by atoms with Crippen LogP contribution in [0.2, 0.25) is 0 Å². The maximum atomic E-state index is 11.4. The number of hydrogen-bond acceptors (Lipinski definition) is 3. The van der Waals surface area contributed by atoms with E-state index in [2.05, 4.69) is 15.9 Å². The first-order valence-corrected chi connectivity index (χ1v) is 4.84. The van der Waals surface area contributed by atoms with Crippen LogP contribution >= 0.6 is 15.9 Å². The number of hydrogen-bond donors (Lipinski definition) is 0. The van der Waals surface area contributed by atoms with Gasteiger partial charge in [0.2, 0.25) is 5.52 Å². The highest BCUT2D eigenvalue weighted by atomic mass is 79.9. The Kier molecular flexibility index (Phi) is 2.28. The van der Waals surface area contributed by atoms with E-state index < -0.39 is 4.92 Å². The first-order chi connectivity index (χ1) is 7.08. The molecule has 0 unspecified atom stereocenters. The first kappa shape index (κ1) is 9.85. The van der Waals surface area contributed by atoms with Crippen LogP contribution in [-0.4, -0.2) is 4.92 Å². The van der Waals surface area contributed by atoms with Gasteiger partial charge in [-0.2, -0.15) is 4.73 Å². The molecule has 6 heteroatoms. The summed E-state index contributed by atoms with van der Waals surface area (Å²) in [7, 11) is 0. The third-order valence-electron chi connectivity index (χ3n) is 1.99. The average molecular weight is 269 g/mol. The van der Waals surface area contributed by atoms with Crippen LogP contribution in [0.5, 0.6) is 0 Å². The number of fused-ring (bicyclic) bond motifs is 1. The molecule has 2 aromatic rings. The van der Waals surface area contributed by atoms with Crippen LogP contribution in [0, 0.1) is 15.3 Å². The number of nitro groups is 1. The molecule has 0 radical (unpaired) electrons. The van der Waals surface area contributed by atoms with Crippen LogP contribution in [0.25, 0.3) is 10.9 Å². The molecule has 1 aromatic carbocycles. The molecule has 0 atom stereocenters. The number of aromatic nitrogens is 1. The van der Waals surface area contributed by atoms with Gasteiger partial charge in [-0.15, -0.1) is 0 Å². The van der Waals surface area contributed by atoms with E-state index in [1.54, 1.807) is 18.2 Å². The summed E-state index contributed by atoms with van der Waals surface area (Å²) in [6.45, 7) is 0. The van der Waals surface area contributed by atoms with Gasteiger partial charge in [0, 0.05) is 16.6 Å². The van der Waals surface area contributed by atoms with E-state index in [1.165, 1.54) is 6.07 Å². The van der Waals surface area contributed by atoms with Crippen LogP contribution < -0.4 is 4.73 Å². The Morgan fingerprint density at radius 2 is 2.07 bits per heavy atom. The maximum absolute atomic E-state index is 11.4. The summed E-state index contributed by atoms with van der Waals surface area (Å²) in [5.41, 5.74) is 0.190. The topological polar surface area (TPSA) is 70.1 Å². The van der Waals surface area contributed by atoms with Gasteiger partial charge in [0.1, 0.15) is 0 Å². The Morgan fingerprint density at radius 1 is 1.33 bits per heavy atom. The Balaban J connectivity index is 2.78. The van der Waals surface area contributed by atoms with E-state index in [9.17, 15) is 15.3 Å². The highest BCUT2D eigenvalue weighted by molar-refractivity contribution is 9.10. The van der Waals surface area contributed by atoms with Crippen LogP contribution in [0.15, 0.2) is 34.9 Å². The van der Waals surface area contributed by atoms with Crippen LogP contribution in [0.4, 0.5) is 5.69 Å². The molecule has 0 saturated carbocycles. The van der Waals surface area contributed by atoms with E-state index in [0.717, 1.165) is 10.7 Å². The van der Waals surface area contributed by atoms with Crippen LogP contribution in [-0.2, 0) is 0 Å². The minimum atomic E-state index is -0.587. The molecule has 15 heavy (non-hydrogen) atoms. The van der Waals surface area contributed by atoms with Gasteiger partial charge in [0.05, 0.1) is 10.3 Å². The van der Waals surface area contributed by atoms with Crippen molar-refractivity contribution in [3.8, 4) is 0 Å². The molecule has 0 N–H and O–H groups in total. The van der Waals surface area contributed by atoms with Gasteiger partial charge in [0.25, 0.3) is 6.20 Å². The second kappa shape index (κ2) is 3.47. The fourth-order valence-corrected chi connectivity index (χ4v) is 1.66. The summed E-state index contributed by atoms with van der Waals surface area (Å²) in [4.78, 5) is 9.92. The van der Waals surface area contributed by atoms with E-state index in [0.29, 0.717) is 15.6 Å². The maximum Gasteiger partial charge on any atom is 0.334 e. The second-order valence-electron chi connectivity index (χ2n) is 2.98. The summed E-state index contributed by atoms with van der Waals surface area (Å²) in [5.74, 6) is 0. The minimum Gasteiger partial charge on any atom is -0.618 e. The highest BCUT2D eigenvalue weighted by Gasteiger charge is 2.14. The standard InChI is InChI=1S/C9H5BrN2O3/c10-7-2-1-6-3-8(12(14)15)5-11(13)9(6)4-7/h1-5H. The SMILES string of the molecule is O=[N+]([O-])c1cc2ccc(Br)cc2[n+]([O-])c1. The van der Waals surface area contributed by atoms with Crippen molar-refractivity contribution in [3.05, 3.63) is 50.3 Å². The number of nitrogens with zero attached hydrogens (tertiary/aromatic N) is 2. The fourth-order valence-electron chi connectivity index (χ4n) is 1.32. The Bertz CT molecular complexity index is 556. The zero-order chi connectivity index (χ0) is 11.0. The molecule has 0 aliphatic heterocycles. The molecular weight excluding hydrogens is 264 g/mol. The van der Waals surface area contributed by atoms with Crippen molar-refractivity contribution in [1.82, 2.24) is 0 Å². The predicted octanol–water partition coefficient (Wildman–Crippen LogP) is 2.14. The monoisotopic (exact) mass is 268 g/mol. The van der Waals surface area contributed by atoms with Gasteiger partial charge in [-0.1, -0.05) is 15.9 Å². The number of benzene rings is 1. The molecule has 0 aliphatic carbocycles. The molecule has 0 aliphatic rings. The van der Waals surface area contributed by atoms with Crippen molar-refractivity contribution in [1.29, 1.82) is 0 Å². The lowest BCUT2D eigenvalue weighted by Gasteiger charge is -2.01. The minimum absolute atomic E-state index is 0.208. The van der Waals surface area contributed by atoms with Gasteiger partial charge in [-0.05, 0) is 12.1 Å². The normalized spacial score (nSPS) is 10.5. The fraction of sp³-hybridized carbons (Fsp3) is 0. The third kappa shape index (κ3) is 1.75. The first-order valence-electron chi connectivity index (χ1n) is 4.05. The van der Waals surface area contributed by atoms with E-state index in [1.807, 2.05) is 0 Å². The second-order valence-corrected chi connectivity index (χ2v) is 3.90. The van der Waals surface area contributed by atoms with Gasteiger partial charge >= 0.3 is 5.69 Å². The van der Waals surface area contributed by atoms with E-state index in [4.69, 9.17) is 0 Å². The number of halogens is 1. The lowest BCUT2D eigenvalue weighted by Crippen LogP contribution is -2.26. The van der Waals surface area contributed by atoms with Gasteiger partial charge in [-0.25, -0.2) is 0 Å². The van der Waals surface area contributed by atoms with Crippen molar-refractivity contribution in [2.75, 3.05) is 0 Å².